The zero-order valence-corrected chi connectivity index (χ0v) is 24.2. The molecular weight excluding hydrogens is 550 g/mol. The van der Waals surface area contributed by atoms with E-state index in [0.717, 1.165) is 50.0 Å². The molecule has 0 amide bonds. The minimum atomic E-state index is 0.607. The monoisotopic (exact) mass is 575 g/mol. The fourth-order valence-corrected chi connectivity index (χ4v) is 6.28. The van der Waals surface area contributed by atoms with Gasteiger partial charge in [0.1, 0.15) is 5.52 Å². The molecule has 0 N–H and O–H groups in total. The molecule has 2 aromatic heterocycles. The number of aromatic nitrogens is 3. The van der Waals surface area contributed by atoms with Crippen LogP contribution in [0, 0.1) is 0 Å². The van der Waals surface area contributed by atoms with Crippen molar-refractivity contribution in [1.29, 1.82) is 0 Å². The van der Waals surface area contributed by atoms with Gasteiger partial charge in [0.15, 0.2) is 11.4 Å². The first-order valence-electron chi connectivity index (χ1n) is 15.0. The average Bonchev–Trinajstić information content (AvgIpc) is 3.56. The number of fused-ring (bicyclic) bond motifs is 5. The predicted molar refractivity (Wildman–Crippen MR) is 184 cm³/mol. The third-order valence-corrected chi connectivity index (χ3v) is 8.52. The molecular formula is C41H25N3O. The van der Waals surface area contributed by atoms with E-state index < -0.39 is 0 Å². The highest BCUT2D eigenvalue weighted by Crippen LogP contribution is 2.36. The maximum absolute atomic E-state index is 6.00. The van der Waals surface area contributed by atoms with Crippen LogP contribution in [0.25, 0.3) is 88.8 Å². The van der Waals surface area contributed by atoms with Crippen LogP contribution < -0.4 is 0 Å². The SMILES string of the molecule is c1ccc2c(c1)cc(-c1ccc(-c3nc(-c4ccc(-c5nc6ccccc6o5)cc4)c4ccccc4n3)cc1)c1ccccc12. The fraction of sp³-hybridized carbons (Fsp3) is 0. The predicted octanol–water partition coefficient (Wildman–Crippen LogP) is 10.7. The minimum absolute atomic E-state index is 0.607. The van der Waals surface area contributed by atoms with Gasteiger partial charge in [-0.15, -0.1) is 0 Å². The highest BCUT2D eigenvalue weighted by atomic mass is 16.3. The number of hydrogen-bond acceptors (Lipinski definition) is 4. The molecule has 2 heterocycles. The summed E-state index contributed by atoms with van der Waals surface area (Å²) in [7, 11) is 0. The topological polar surface area (TPSA) is 51.8 Å². The number of nitrogens with zero attached hydrogens (tertiary/aromatic N) is 3. The second-order valence-corrected chi connectivity index (χ2v) is 11.2. The lowest BCUT2D eigenvalue weighted by Gasteiger charge is -2.12. The Kier molecular flexibility index (Phi) is 5.78. The molecule has 0 bridgehead atoms. The van der Waals surface area contributed by atoms with Crippen molar-refractivity contribution in [2.45, 2.75) is 0 Å². The molecule has 0 saturated heterocycles. The molecule has 9 aromatic rings. The average molecular weight is 576 g/mol. The van der Waals surface area contributed by atoms with E-state index >= 15 is 0 Å². The Balaban J connectivity index is 1.11. The first-order chi connectivity index (χ1) is 22.3. The fourth-order valence-electron chi connectivity index (χ4n) is 6.28. The van der Waals surface area contributed by atoms with Crippen LogP contribution in [0.15, 0.2) is 156 Å². The molecule has 0 unspecified atom stereocenters. The smallest absolute Gasteiger partial charge is 0.227 e. The summed E-state index contributed by atoms with van der Waals surface area (Å²) in [6, 6.07) is 52.4. The van der Waals surface area contributed by atoms with Crippen molar-refractivity contribution in [3.05, 3.63) is 152 Å². The van der Waals surface area contributed by atoms with E-state index in [4.69, 9.17) is 14.4 Å². The molecule has 0 radical (unpaired) electrons. The van der Waals surface area contributed by atoms with E-state index in [1.807, 2.05) is 54.6 Å². The Morgan fingerprint density at radius 1 is 0.400 bits per heavy atom. The van der Waals surface area contributed by atoms with Crippen molar-refractivity contribution in [1.82, 2.24) is 15.0 Å². The zero-order valence-electron chi connectivity index (χ0n) is 24.2. The van der Waals surface area contributed by atoms with Crippen LogP contribution in [0.1, 0.15) is 0 Å². The van der Waals surface area contributed by atoms with Gasteiger partial charge in [0.05, 0.1) is 11.2 Å². The van der Waals surface area contributed by atoms with Gasteiger partial charge in [-0.1, -0.05) is 115 Å². The Labute approximate surface area is 259 Å². The van der Waals surface area contributed by atoms with Gasteiger partial charge >= 0.3 is 0 Å². The van der Waals surface area contributed by atoms with Crippen molar-refractivity contribution in [3.8, 4) is 45.2 Å². The molecule has 0 saturated carbocycles. The second-order valence-electron chi connectivity index (χ2n) is 11.2. The molecule has 4 nitrogen and oxygen atoms in total. The number of para-hydroxylation sites is 3. The van der Waals surface area contributed by atoms with Crippen molar-refractivity contribution < 1.29 is 4.42 Å². The summed E-state index contributed by atoms with van der Waals surface area (Å²) >= 11 is 0. The molecule has 0 fully saturated rings. The number of rotatable bonds is 4. The van der Waals surface area contributed by atoms with Crippen LogP contribution in [0.4, 0.5) is 0 Å². The summed E-state index contributed by atoms with van der Waals surface area (Å²) in [5, 5.41) is 6.02. The molecule has 9 rings (SSSR count). The third-order valence-electron chi connectivity index (χ3n) is 8.52. The minimum Gasteiger partial charge on any atom is -0.436 e. The largest absolute Gasteiger partial charge is 0.436 e. The van der Waals surface area contributed by atoms with Crippen LogP contribution in [0.5, 0.6) is 0 Å². The van der Waals surface area contributed by atoms with Gasteiger partial charge in [-0.2, -0.15) is 0 Å². The molecule has 0 aliphatic heterocycles. The second kappa shape index (κ2) is 10.2. The number of hydrogen-bond donors (Lipinski definition) is 0. The van der Waals surface area contributed by atoms with Crippen LogP contribution in [-0.4, -0.2) is 15.0 Å². The molecule has 45 heavy (non-hydrogen) atoms. The van der Waals surface area contributed by atoms with Crippen molar-refractivity contribution in [3.63, 3.8) is 0 Å². The maximum Gasteiger partial charge on any atom is 0.227 e. The van der Waals surface area contributed by atoms with Crippen LogP contribution in [0.3, 0.4) is 0 Å². The lowest BCUT2D eigenvalue weighted by atomic mass is 9.93. The van der Waals surface area contributed by atoms with Gasteiger partial charge in [-0.3, -0.25) is 0 Å². The Morgan fingerprint density at radius 2 is 1.00 bits per heavy atom. The summed E-state index contributed by atoms with van der Waals surface area (Å²) in [4.78, 5) is 14.8. The summed E-state index contributed by atoms with van der Waals surface area (Å²) < 4.78 is 6.00. The Hall–Kier alpha value is -6.13. The van der Waals surface area contributed by atoms with Crippen molar-refractivity contribution in [2.75, 3.05) is 0 Å². The molecule has 0 aliphatic rings. The van der Waals surface area contributed by atoms with Crippen LogP contribution in [0.2, 0.25) is 0 Å². The standard InChI is InChI=1S/C41H25N3O/c1-2-10-31-30(9-1)25-35(33-12-4-3-11-32(31)33)26-17-21-28(22-18-26)40-42-36-14-6-5-13-34(36)39(44-40)27-19-23-29(24-20-27)41-43-37-15-7-8-16-38(37)45-41/h1-25H. The van der Waals surface area contributed by atoms with Gasteiger partial charge in [-0.25, -0.2) is 15.0 Å². The molecule has 7 aromatic carbocycles. The number of benzene rings is 7. The third kappa shape index (κ3) is 4.35. The van der Waals surface area contributed by atoms with Gasteiger partial charge in [0.25, 0.3) is 0 Å². The summed E-state index contributed by atoms with van der Waals surface area (Å²) in [6.45, 7) is 0. The van der Waals surface area contributed by atoms with E-state index in [1.165, 1.54) is 27.1 Å². The van der Waals surface area contributed by atoms with Crippen LogP contribution >= 0.6 is 0 Å². The lowest BCUT2D eigenvalue weighted by Crippen LogP contribution is -1.95. The maximum atomic E-state index is 6.00. The first kappa shape index (κ1) is 25.4. The highest BCUT2D eigenvalue weighted by Gasteiger charge is 2.14. The van der Waals surface area contributed by atoms with Crippen molar-refractivity contribution >= 4 is 43.5 Å². The molecule has 0 aliphatic carbocycles. The normalized spacial score (nSPS) is 11.6. The van der Waals surface area contributed by atoms with E-state index in [1.54, 1.807) is 0 Å². The van der Waals surface area contributed by atoms with Crippen molar-refractivity contribution in [2.24, 2.45) is 0 Å². The number of oxazole rings is 1. The highest BCUT2D eigenvalue weighted by molar-refractivity contribution is 6.13. The summed E-state index contributed by atoms with van der Waals surface area (Å²) in [5.74, 6) is 1.30. The zero-order chi connectivity index (χ0) is 29.7. The molecule has 4 heteroatoms. The Morgan fingerprint density at radius 3 is 1.80 bits per heavy atom. The van der Waals surface area contributed by atoms with E-state index in [9.17, 15) is 0 Å². The van der Waals surface area contributed by atoms with E-state index in [0.29, 0.717) is 11.7 Å². The van der Waals surface area contributed by atoms with Gasteiger partial charge < -0.3 is 4.42 Å². The van der Waals surface area contributed by atoms with E-state index in [2.05, 4.69) is 102 Å². The summed E-state index contributed by atoms with van der Waals surface area (Å²) in [6.07, 6.45) is 0. The molecule has 210 valence electrons. The lowest BCUT2D eigenvalue weighted by molar-refractivity contribution is 0.620. The van der Waals surface area contributed by atoms with Gasteiger partial charge in [0, 0.05) is 22.1 Å². The summed E-state index contributed by atoms with van der Waals surface area (Å²) in [5.41, 5.74) is 8.71. The quantitative estimate of drug-likeness (QED) is 0.196. The van der Waals surface area contributed by atoms with Crippen LogP contribution in [-0.2, 0) is 0 Å². The Bertz CT molecular complexity index is 2500. The van der Waals surface area contributed by atoms with Gasteiger partial charge in [0.2, 0.25) is 5.89 Å². The van der Waals surface area contributed by atoms with E-state index in [-0.39, 0.29) is 0 Å². The van der Waals surface area contributed by atoms with Gasteiger partial charge in [-0.05, 0) is 69.1 Å². The molecule has 0 atom stereocenters. The molecule has 0 spiro atoms. The first-order valence-corrected chi connectivity index (χ1v) is 15.0.